The molecule has 104 valence electrons. The third kappa shape index (κ3) is 3.07. The number of anilines is 1. The van der Waals surface area contributed by atoms with Gasteiger partial charge in [-0.25, -0.2) is 0 Å². The summed E-state index contributed by atoms with van der Waals surface area (Å²) >= 11 is 1.37. The highest BCUT2D eigenvalue weighted by molar-refractivity contribution is 7.12. The van der Waals surface area contributed by atoms with E-state index in [0.29, 0.717) is 10.4 Å². The molecule has 0 aliphatic carbocycles. The molecular formula is C14H16N4OS. The van der Waals surface area contributed by atoms with Crippen LogP contribution in [0.2, 0.25) is 0 Å². The standard InChI is InChI=1S/C14H16N4OS/c1-3-11-12(9-18(2)17-11)16-14(19)13-10(5-4-7-15)6-8-20-13/h6,8-9H,3,7,15H2,1-2H3,(H,16,19). The van der Waals surface area contributed by atoms with Crippen molar-refractivity contribution in [3.8, 4) is 11.8 Å². The lowest BCUT2D eigenvalue weighted by atomic mass is 10.2. The van der Waals surface area contributed by atoms with Crippen molar-refractivity contribution in [3.63, 3.8) is 0 Å². The van der Waals surface area contributed by atoms with Gasteiger partial charge in [-0.3, -0.25) is 9.48 Å². The van der Waals surface area contributed by atoms with Crippen molar-refractivity contribution in [1.82, 2.24) is 9.78 Å². The second-order valence-corrected chi connectivity index (χ2v) is 5.06. The van der Waals surface area contributed by atoms with E-state index in [9.17, 15) is 4.79 Å². The molecule has 0 bridgehead atoms. The van der Waals surface area contributed by atoms with E-state index in [1.165, 1.54) is 11.3 Å². The largest absolute Gasteiger partial charge is 0.320 e. The molecule has 1 amide bonds. The number of amides is 1. The van der Waals surface area contributed by atoms with E-state index in [1.54, 1.807) is 10.9 Å². The van der Waals surface area contributed by atoms with Gasteiger partial charge in [-0.05, 0) is 17.9 Å². The number of thiophene rings is 1. The van der Waals surface area contributed by atoms with Crippen molar-refractivity contribution in [2.75, 3.05) is 11.9 Å². The van der Waals surface area contributed by atoms with Crippen LogP contribution < -0.4 is 11.1 Å². The topological polar surface area (TPSA) is 72.9 Å². The summed E-state index contributed by atoms with van der Waals surface area (Å²) in [6.45, 7) is 2.28. The molecular weight excluding hydrogens is 272 g/mol. The van der Waals surface area contributed by atoms with E-state index in [0.717, 1.165) is 17.8 Å². The van der Waals surface area contributed by atoms with E-state index in [1.807, 2.05) is 25.4 Å². The second-order valence-electron chi connectivity index (χ2n) is 4.14. The van der Waals surface area contributed by atoms with E-state index >= 15 is 0 Å². The normalized spacial score (nSPS) is 9.95. The first kappa shape index (κ1) is 14.3. The van der Waals surface area contributed by atoms with Crippen LogP contribution in [-0.4, -0.2) is 22.2 Å². The number of aromatic nitrogens is 2. The Kier molecular flexibility index (Phi) is 4.56. The minimum Gasteiger partial charge on any atom is -0.320 e. The zero-order chi connectivity index (χ0) is 14.5. The van der Waals surface area contributed by atoms with Crippen molar-refractivity contribution >= 4 is 22.9 Å². The van der Waals surface area contributed by atoms with Gasteiger partial charge in [-0.15, -0.1) is 11.3 Å². The van der Waals surface area contributed by atoms with Crippen molar-refractivity contribution in [3.05, 3.63) is 33.8 Å². The van der Waals surface area contributed by atoms with E-state index < -0.39 is 0 Å². The first-order chi connectivity index (χ1) is 9.65. The lowest BCUT2D eigenvalue weighted by Gasteiger charge is -2.03. The average molecular weight is 288 g/mol. The van der Waals surface area contributed by atoms with Gasteiger partial charge in [0.2, 0.25) is 0 Å². The van der Waals surface area contributed by atoms with Gasteiger partial charge >= 0.3 is 0 Å². The molecule has 2 heterocycles. The van der Waals surface area contributed by atoms with Crippen LogP contribution in [0.15, 0.2) is 17.6 Å². The number of aryl methyl sites for hydroxylation is 2. The summed E-state index contributed by atoms with van der Waals surface area (Å²) in [5, 5.41) is 9.03. The fourth-order valence-corrected chi connectivity index (χ4v) is 2.55. The minimum absolute atomic E-state index is 0.163. The van der Waals surface area contributed by atoms with Crippen LogP contribution in [0.5, 0.6) is 0 Å². The van der Waals surface area contributed by atoms with Gasteiger partial charge in [-0.1, -0.05) is 18.8 Å². The maximum Gasteiger partial charge on any atom is 0.267 e. The van der Waals surface area contributed by atoms with Crippen LogP contribution in [-0.2, 0) is 13.5 Å². The van der Waals surface area contributed by atoms with Gasteiger partial charge in [0.1, 0.15) is 4.88 Å². The number of rotatable bonds is 3. The van der Waals surface area contributed by atoms with Gasteiger partial charge in [0.15, 0.2) is 0 Å². The first-order valence-electron chi connectivity index (χ1n) is 6.26. The molecule has 2 rings (SSSR count). The van der Waals surface area contributed by atoms with Gasteiger partial charge < -0.3 is 11.1 Å². The molecule has 2 aromatic heterocycles. The first-order valence-corrected chi connectivity index (χ1v) is 7.14. The number of hydrogen-bond donors (Lipinski definition) is 2. The highest BCUT2D eigenvalue weighted by Crippen LogP contribution is 2.20. The third-order valence-electron chi connectivity index (χ3n) is 2.68. The Balaban J connectivity index is 2.22. The van der Waals surface area contributed by atoms with Crippen LogP contribution in [0.25, 0.3) is 0 Å². The number of nitrogens with two attached hydrogens (primary N) is 1. The molecule has 0 aliphatic heterocycles. The van der Waals surface area contributed by atoms with Gasteiger partial charge in [0.25, 0.3) is 5.91 Å². The van der Waals surface area contributed by atoms with Crippen LogP contribution in [0.3, 0.4) is 0 Å². The monoisotopic (exact) mass is 288 g/mol. The molecule has 0 aliphatic rings. The molecule has 5 nitrogen and oxygen atoms in total. The van der Waals surface area contributed by atoms with Crippen molar-refractivity contribution in [2.45, 2.75) is 13.3 Å². The Labute approximate surface area is 121 Å². The lowest BCUT2D eigenvalue weighted by Crippen LogP contribution is -2.12. The Morgan fingerprint density at radius 1 is 1.60 bits per heavy atom. The highest BCUT2D eigenvalue weighted by Gasteiger charge is 2.15. The molecule has 0 spiro atoms. The Bertz CT molecular complexity index is 675. The summed E-state index contributed by atoms with van der Waals surface area (Å²) in [4.78, 5) is 12.9. The Morgan fingerprint density at radius 2 is 2.40 bits per heavy atom. The number of hydrogen-bond acceptors (Lipinski definition) is 4. The molecule has 0 fully saturated rings. The minimum atomic E-state index is -0.163. The summed E-state index contributed by atoms with van der Waals surface area (Å²) in [7, 11) is 1.83. The maximum absolute atomic E-state index is 12.3. The van der Waals surface area contributed by atoms with E-state index in [-0.39, 0.29) is 12.5 Å². The van der Waals surface area contributed by atoms with Gasteiger partial charge in [-0.2, -0.15) is 5.10 Å². The third-order valence-corrected chi connectivity index (χ3v) is 3.60. The zero-order valence-corrected chi connectivity index (χ0v) is 12.3. The number of carbonyl (C=O) groups is 1. The van der Waals surface area contributed by atoms with Crippen LogP contribution in [0.1, 0.15) is 27.9 Å². The Hall–Kier alpha value is -2.10. The molecule has 6 heteroatoms. The summed E-state index contributed by atoms with van der Waals surface area (Å²) in [5.74, 6) is 5.51. The smallest absolute Gasteiger partial charge is 0.267 e. The van der Waals surface area contributed by atoms with E-state index in [4.69, 9.17) is 5.73 Å². The van der Waals surface area contributed by atoms with Gasteiger partial charge in [0, 0.05) is 18.8 Å². The highest BCUT2D eigenvalue weighted by atomic mass is 32.1. The summed E-state index contributed by atoms with van der Waals surface area (Å²) in [6.07, 6.45) is 2.57. The van der Waals surface area contributed by atoms with Crippen molar-refractivity contribution in [2.24, 2.45) is 12.8 Å². The zero-order valence-electron chi connectivity index (χ0n) is 11.4. The summed E-state index contributed by atoms with van der Waals surface area (Å²) in [6, 6.07) is 1.83. The lowest BCUT2D eigenvalue weighted by molar-refractivity contribution is 0.103. The molecule has 0 atom stereocenters. The Morgan fingerprint density at radius 3 is 3.10 bits per heavy atom. The average Bonchev–Trinajstić information content (AvgIpc) is 3.02. The molecule has 0 saturated carbocycles. The number of nitrogens with zero attached hydrogens (tertiary/aromatic N) is 2. The number of nitrogens with one attached hydrogen (secondary N) is 1. The fourth-order valence-electron chi connectivity index (χ4n) is 1.81. The van der Waals surface area contributed by atoms with Crippen molar-refractivity contribution in [1.29, 1.82) is 0 Å². The van der Waals surface area contributed by atoms with Gasteiger partial charge in [0.05, 0.1) is 17.9 Å². The number of carbonyl (C=O) groups excluding carboxylic acids is 1. The second kappa shape index (κ2) is 6.37. The predicted molar refractivity (Wildman–Crippen MR) is 80.8 cm³/mol. The maximum atomic E-state index is 12.3. The predicted octanol–water partition coefficient (Wildman–Crippen LogP) is 1.61. The van der Waals surface area contributed by atoms with Crippen LogP contribution in [0, 0.1) is 11.8 Å². The SMILES string of the molecule is CCc1nn(C)cc1NC(=O)c1sccc1C#CCN. The molecule has 2 aromatic rings. The van der Waals surface area contributed by atoms with E-state index in [2.05, 4.69) is 22.3 Å². The molecule has 0 radical (unpaired) electrons. The molecule has 0 unspecified atom stereocenters. The quantitative estimate of drug-likeness (QED) is 0.843. The summed E-state index contributed by atoms with van der Waals surface area (Å²) < 4.78 is 1.69. The molecule has 0 saturated heterocycles. The molecule has 0 aromatic carbocycles. The van der Waals surface area contributed by atoms with Crippen molar-refractivity contribution < 1.29 is 4.79 Å². The summed E-state index contributed by atoms with van der Waals surface area (Å²) in [5.41, 5.74) is 7.67. The molecule has 20 heavy (non-hydrogen) atoms. The van der Waals surface area contributed by atoms with Crippen LogP contribution in [0.4, 0.5) is 5.69 Å². The fraction of sp³-hybridized carbons (Fsp3) is 0.286. The molecule has 3 N–H and O–H groups in total. The van der Waals surface area contributed by atoms with Crippen LogP contribution >= 0.6 is 11.3 Å².